The Morgan fingerprint density at radius 3 is 3.18 bits per heavy atom. The van der Waals surface area contributed by atoms with Crippen molar-refractivity contribution in [2.24, 2.45) is 5.92 Å². The van der Waals surface area contributed by atoms with Crippen molar-refractivity contribution < 1.29 is 9.84 Å². The van der Waals surface area contributed by atoms with Gasteiger partial charge < -0.3 is 14.7 Å². The first-order chi connectivity index (χ1) is 8.29. The standard InChI is InChI=1S/C13H20N2O2/c1-15(8-12-3-2-6-17-10-12)13-7-11(9-16)4-5-14-13/h4-5,7,12,16H,2-3,6,8-10H2,1H3. The lowest BCUT2D eigenvalue weighted by atomic mass is 10.0. The molecule has 1 aliphatic heterocycles. The summed E-state index contributed by atoms with van der Waals surface area (Å²) in [6, 6.07) is 3.77. The van der Waals surface area contributed by atoms with Crippen LogP contribution in [0.1, 0.15) is 18.4 Å². The fraction of sp³-hybridized carbons (Fsp3) is 0.615. The van der Waals surface area contributed by atoms with Crippen molar-refractivity contribution in [3.8, 4) is 0 Å². The molecule has 1 aliphatic rings. The van der Waals surface area contributed by atoms with Gasteiger partial charge in [0.25, 0.3) is 0 Å². The number of pyridine rings is 1. The Balaban J connectivity index is 1.95. The van der Waals surface area contributed by atoms with Crippen molar-refractivity contribution in [3.63, 3.8) is 0 Å². The Kier molecular flexibility index (Phi) is 4.34. The number of nitrogens with zero attached hydrogens (tertiary/aromatic N) is 2. The van der Waals surface area contributed by atoms with E-state index in [1.807, 2.05) is 19.2 Å². The maximum absolute atomic E-state index is 9.10. The van der Waals surface area contributed by atoms with E-state index in [1.54, 1.807) is 6.20 Å². The molecule has 0 aromatic carbocycles. The molecule has 0 aliphatic carbocycles. The fourth-order valence-corrected chi connectivity index (χ4v) is 2.20. The van der Waals surface area contributed by atoms with Crippen molar-refractivity contribution >= 4 is 5.82 Å². The van der Waals surface area contributed by atoms with E-state index < -0.39 is 0 Å². The van der Waals surface area contributed by atoms with E-state index >= 15 is 0 Å². The molecule has 0 radical (unpaired) electrons. The van der Waals surface area contributed by atoms with Gasteiger partial charge in [-0.1, -0.05) is 0 Å². The Labute approximate surface area is 102 Å². The summed E-state index contributed by atoms with van der Waals surface area (Å²) in [7, 11) is 2.04. The van der Waals surface area contributed by atoms with Crippen LogP contribution in [0.3, 0.4) is 0 Å². The molecule has 1 unspecified atom stereocenters. The molecule has 0 spiro atoms. The molecular formula is C13H20N2O2. The van der Waals surface area contributed by atoms with Gasteiger partial charge in [-0.15, -0.1) is 0 Å². The molecule has 1 saturated heterocycles. The van der Waals surface area contributed by atoms with E-state index in [4.69, 9.17) is 9.84 Å². The second-order valence-corrected chi connectivity index (χ2v) is 4.64. The summed E-state index contributed by atoms with van der Waals surface area (Å²) < 4.78 is 5.48. The minimum Gasteiger partial charge on any atom is -0.392 e. The summed E-state index contributed by atoms with van der Waals surface area (Å²) in [5.41, 5.74) is 0.904. The maximum atomic E-state index is 9.10. The van der Waals surface area contributed by atoms with Gasteiger partial charge in [0.05, 0.1) is 13.2 Å². The third kappa shape index (κ3) is 3.41. The number of rotatable bonds is 4. The lowest BCUT2D eigenvalue weighted by molar-refractivity contribution is 0.0576. The Morgan fingerprint density at radius 2 is 2.47 bits per heavy atom. The van der Waals surface area contributed by atoms with Crippen LogP contribution < -0.4 is 4.90 Å². The van der Waals surface area contributed by atoms with Crippen LogP contribution in [0.5, 0.6) is 0 Å². The van der Waals surface area contributed by atoms with Crippen LogP contribution in [-0.2, 0) is 11.3 Å². The van der Waals surface area contributed by atoms with Crippen LogP contribution in [-0.4, -0.2) is 36.9 Å². The smallest absolute Gasteiger partial charge is 0.128 e. The average Bonchev–Trinajstić information content (AvgIpc) is 2.40. The van der Waals surface area contributed by atoms with Crippen LogP contribution in [0.15, 0.2) is 18.3 Å². The minimum absolute atomic E-state index is 0.0654. The zero-order valence-corrected chi connectivity index (χ0v) is 10.3. The normalized spacial score (nSPS) is 20.2. The number of ether oxygens (including phenoxy) is 1. The van der Waals surface area contributed by atoms with Crippen LogP contribution in [0.2, 0.25) is 0 Å². The summed E-state index contributed by atoms with van der Waals surface area (Å²) in [4.78, 5) is 6.46. The number of anilines is 1. The summed E-state index contributed by atoms with van der Waals surface area (Å²) in [5, 5.41) is 9.10. The number of aliphatic hydroxyl groups excluding tert-OH is 1. The van der Waals surface area contributed by atoms with Crippen LogP contribution in [0.4, 0.5) is 5.82 Å². The molecule has 4 heteroatoms. The van der Waals surface area contributed by atoms with Crippen LogP contribution >= 0.6 is 0 Å². The Hall–Kier alpha value is -1.13. The van der Waals surface area contributed by atoms with Gasteiger partial charge in [0.15, 0.2) is 0 Å². The first-order valence-electron chi connectivity index (χ1n) is 6.14. The van der Waals surface area contributed by atoms with Crippen molar-refractivity contribution in [3.05, 3.63) is 23.9 Å². The highest BCUT2D eigenvalue weighted by atomic mass is 16.5. The zero-order valence-electron chi connectivity index (χ0n) is 10.3. The average molecular weight is 236 g/mol. The highest BCUT2D eigenvalue weighted by Crippen LogP contribution is 2.18. The van der Waals surface area contributed by atoms with Gasteiger partial charge in [-0.3, -0.25) is 0 Å². The van der Waals surface area contributed by atoms with Gasteiger partial charge in [-0.05, 0) is 36.5 Å². The lowest BCUT2D eigenvalue weighted by Crippen LogP contribution is -2.31. The molecule has 94 valence electrons. The summed E-state index contributed by atoms with van der Waals surface area (Å²) in [5.74, 6) is 1.51. The van der Waals surface area contributed by atoms with Gasteiger partial charge in [0.2, 0.25) is 0 Å². The molecule has 2 rings (SSSR count). The number of hydrogen-bond donors (Lipinski definition) is 1. The quantitative estimate of drug-likeness (QED) is 0.859. The van der Waals surface area contributed by atoms with Crippen molar-refractivity contribution in [2.45, 2.75) is 19.4 Å². The molecule has 17 heavy (non-hydrogen) atoms. The predicted molar refractivity (Wildman–Crippen MR) is 67.0 cm³/mol. The highest BCUT2D eigenvalue weighted by molar-refractivity contribution is 5.39. The van der Waals surface area contributed by atoms with E-state index in [0.717, 1.165) is 37.6 Å². The van der Waals surface area contributed by atoms with Gasteiger partial charge in [-0.25, -0.2) is 4.98 Å². The summed E-state index contributed by atoms with van der Waals surface area (Å²) in [6.07, 6.45) is 4.13. The van der Waals surface area contributed by atoms with E-state index in [0.29, 0.717) is 5.92 Å². The second kappa shape index (κ2) is 5.98. The summed E-state index contributed by atoms with van der Waals surface area (Å²) in [6.45, 7) is 2.78. The molecule has 4 nitrogen and oxygen atoms in total. The molecule has 0 bridgehead atoms. The number of aromatic nitrogens is 1. The molecule has 1 atom stereocenters. The molecule has 1 aromatic rings. The van der Waals surface area contributed by atoms with E-state index in [-0.39, 0.29) is 6.61 Å². The second-order valence-electron chi connectivity index (χ2n) is 4.64. The van der Waals surface area contributed by atoms with E-state index in [9.17, 15) is 0 Å². The van der Waals surface area contributed by atoms with Crippen LogP contribution in [0, 0.1) is 5.92 Å². The maximum Gasteiger partial charge on any atom is 0.128 e. The largest absolute Gasteiger partial charge is 0.392 e. The highest BCUT2D eigenvalue weighted by Gasteiger charge is 2.16. The molecular weight excluding hydrogens is 216 g/mol. The fourth-order valence-electron chi connectivity index (χ4n) is 2.20. The molecule has 2 heterocycles. The van der Waals surface area contributed by atoms with E-state index in [2.05, 4.69) is 9.88 Å². The molecule has 1 aromatic heterocycles. The van der Waals surface area contributed by atoms with Crippen molar-refractivity contribution in [1.82, 2.24) is 4.98 Å². The van der Waals surface area contributed by atoms with Gasteiger partial charge in [0.1, 0.15) is 5.82 Å². The Bertz CT molecular complexity index is 351. The third-order valence-corrected chi connectivity index (χ3v) is 3.17. The monoisotopic (exact) mass is 236 g/mol. The molecule has 0 amide bonds. The molecule has 1 N–H and O–H groups in total. The first kappa shape index (κ1) is 12.3. The lowest BCUT2D eigenvalue weighted by Gasteiger charge is -2.27. The number of hydrogen-bond acceptors (Lipinski definition) is 4. The van der Waals surface area contributed by atoms with Crippen molar-refractivity contribution in [2.75, 3.05) is 31.7 Å². The molecule has 1 fully saturated rings. The van der Waals surface area contributed by atoms with Gasteiger partial charge >= 0.3 is 0 Å². The predicted octanol–water partition coefficient (Wildman–Crippen LogP) is 1.44. The molecule has 0 saturated carbocycles. The summed E-state index contributed by atoms with van der Waals surface area (Å²) >= 11 is 0. The number of aliphatic hydroxyl groups is 1. The first-order valence-corrected chi connectivity index (χ1v) is 6.14. The van der Waals surface area contributed by atoms with Crippen molar-refractivity contribution in [1.29, 1.82) is 0 Å². The third-order valence-electron chi connectivity index (χ3n) is 3.17. The van der Waals surface area contributed by atoms with Crippen LogP contribution in [0.25, 0.3) is 0 Å². The zero-order chi connectivity index (χ0) is 12.1. The topological polar surface area (TPSA) is 45.6 Å². The SMILES string of the molecule is CN(CC1CCCOC1)c1cc(CO)ccn1. The van der Waals surface area contributed by atoms with E-state index in [1.165, 1.54) is 6.42 Å². The van der Waals surface area contributed by atoms with Gasteiger partial charge in [-0.2, -0.15) is 0 Å². The minimum atomic E-state index is 0.0654. The van der Waals surface area contributed by atoms with Gasteiger partial charge in [0, 0.05) is 26.4 Å². The Morgan fingerprint density at radius 1 is 1.59 bits per heavy atom.